The zero-order valence-electron chi connectivity index (χ0n) is 13.5. The quantitative estimate of drug-likeness (QED) is 0.714. The van der Waals surface area contributed by atoms with Crippen LogP contribution < -0.4 is 4.72 Å². The molecule has 1 heterocycles. The summed E-state index contributed by atoms with van der Waals surface area (Å²) < 4.78 is 27.7. The van der Waals surface area contributed by atoms with E-state index in [4.69, 9.17) is 0 Å². The minimum Gasteiger partial charge on any atom is -0.287 e. The summed E-state index contributed by atoms with van der Waals surface area (Å²) in [7, 11) is -3.79. The fourth-order valence-corrected chi connectivity index (χ4v) is 3.41. The first kappa shape index (κ1) is 16.9. The number of nitrogens with zero attached hydrogens (tertiary/aromatic N) is 1. The van der Waals surface area contributed by atoms with Crippen LogP contribution in [0.25, 0.3) is 0 Å². The lowest BCUT2D eigenvalue weighted by Crippen LogP contribution is -2.16. The molecule has 0 saturated carbocycles. The van der Waals surface area contributed by atoms with Crippen LogP contribution in [0.4, 0.5) is 5.69 Å². The third kappa shape index (κ3) is 3.75. The van der Waals surface area contributed by atoms with Crippen LogP contribution in [0.5, 0.6) is 0 Å². The number of ketones is 1. The van der Waals surface area contributed by atoms with E-state index in [1.165, 1.54) is 18.3 Å². The van der Waals surface area contributed by atoms with Crippen LogP contribution in [0, 0.1) is 6.92 Å². The second-order valence-corrected chi connectivity index (χ2v) is 7.19. The highest BCUT2D eigenvalue weighted by atomic mass is 32.2. The molecule has 0 aliphatic rings. The van der Waals surface area contributed by atoms with Crippen molar-refractivity contribution >= 4 is 21.5 Å². The number of carbonyl (C=O) groups is 1. The number of benzene rings is 2. The molecule has 0 spiro atoms. The molecule has 0 aliphatic heterocycles. The minimum absolute atomic E-state index is 0.137. The molecule has 3 rings (SSSR count). The van der Waals surface area contributed by atoms with Crippen molar-refractivity contribution in [1.29, 1.82) is 0 Å². The van der Waals surface area contributed by atoms with Crippen LogP contribution in [-0.2, 0) is 10.0 Å². The molecule has 0 atom stereocenters. The molecule has 1 aromatic heterocycles. The van der Waals surface area contributed by atoms with Gasteiger partial charge in [0.1, 0.15) is 5.69 Å². The van der Waals surface area contributed by atoms with Crippen molar-refractivity contribution in [3.05, 3.63) is 89.7 Å². The maximum Gasteiger partial charge on any atom is 0.261 e. The summed E-state index contributed by atoms with van der Waals surface area (Å²) >= 11 is 0. The van der Waals surface area contributed by atoms with Gasteiger partial charge in [0.05, 0.1) is 10.6 Å². The molecule has 6 heteroatoms. The standard InChI is InChI=1S/C19H16N2O3S/c1-14-9-11-15(12-10-14)25(23,24)21-17-7-3-2-6-16(17)19(22)18-8-4-5-13-20-18/h2-13,21H,1H3. The van der Waals surface area contributed by atoms with E-state index in [0.29, 0.717) is 0 Å². The Morgan fingerprint density at radius 3 is 2.28 bits per heavy atom. The number of sulfonamides is 1. The normalized spacial score (nSPS) is 11.1. The lowest BCUT2D eigenvalue weighted by molar-refractivity contribution is 0.103. The molecule has 5 nitrogen and oxygen atoms in total. The molecule has 126 valence electrons. The number of pyridine rings is 1. The fraction of sp³-hybridized carbons (Fsp3) is 0.0526. The molecular weight excluding hydrogens is 336 g/mol. The second kappa shape index (κ2) is 6.86. The molecule has 0 amide bonds. The number of para-hydroxylation sites is 1. The summed E-state index contributed by atoms with van der Waals surface area (Å²) in [6.07, 6.45) is 1.52. The molecule has 1 N–H and O–H groups in total. The van der Waals surface area contributed by atoms with Crippen LogP contribution in [0.1, 0.15) is 21.6 Å². The van der Waals surface area contributed by atoms with E-state index in [9.17, 15) is 13.2 Å². The third-order valence-corrected chi connectivity index (χ3v) is 5.03. The zero-order valence-corrected chi connectivity index (χ0v) is 14.3. The summed E-state index contributed by atoms with van der Waals surface area (Å²) in [6.45, 7) is 1.88. The number of hydrogen-bond donors (Lipinski definition) is 1. The van der Waals surface area contributed by atoms with E-state index < -0.39 is 10.0 Å². The first-order chi connectivity index (χ1) is 12.0. The van der Waals surface area contributed by atoms with Gasteiger partial charge in [0, 0.05) is 11.8 Å². The SMILES string of the molecule is Cc1ccc(S(=O)(=O)Nc2ccccc2C(=O)c2ccccn2)cc1. The number of hydrogen-bond acceptors (Lipinski definition) is 4. The molecule has 2 aromatic carbocycles. The Balaban J connectivity index is 1.96. The molecule has 3 aromatic rings. The van der Waals surface area contributed by atoms with Crippen LogP contribution >= 0.6 is 0 Å². The third-order valence-electron chi connectivity index (χ3n) is 3.64. The van der Waals surface area contributed by atoms with Gasteiger partial charge >= 0.3 is 0 Å². The number of anilines is 1. The molecule has 0 saturated heterocycles. The highest BCUT2D eigenvalue weighted by Gasteiger charge is 2.19. The van der Waals surface area contributed by atoms with Gasteiger partial charge in [0.25, 0.3) is 10.0 Å². The van der Waals surface area contributed by atoms with Gasteiger partial charge in [-0.05, 0) is 43.3 Å². The Morgan fingerprint density at radius 1 is 0.920 bits per heavy atom. The Hall–Kier alpha value is -2.99. The van der Waals surface area contributed by atoms with Crippen molar-refractivity contribution in [2.24, 2.45) is 0 Å². The monoisotopic (exact) mass is 352 g/mol. The number of aromatic nitrogens is 1. The van der Waals surface area contributed by atoms with Gasteiger partial charge in [0.2, 0.25) is 5.78 Å². The van der Waals surface area contributed by atoms with Gasteiger partial charge in [-0.1, -0.05) is 35.9 Å². The van der Waals surface area contributed by atoms with Gasteiger partial charge < -0.3 is 0 Å². The van der Waals surface area contributed by atoms with Gasteiger partial charge in [-0.2, -0.15) is 0 Å². The molecule has 0 fully saturated rings. The van der Waals surface area contributed by atoms with Crippen LogP contribution in [0.15, 0.2) is 77.8 Å². The van der Waals surface area contributed by atoms with Crippen molar-refractivity contribution in [1.82, 2.24) is 4.98 Å². The van der Waals surface area contributed by atoms with Crippen LogP contribution in [0.2, 0.25) is 0 Å². The summed E-state index contributed by atoms with van der Waals surface area (Å²) in [5, 5.41) is 0. The summed E-state index contributed by atoms with van der Waals surface area (Å²) in [6, 6.07) is 18.0. The van der Waals surface area contributed by atoms with E-state index in [0.717, 1.165) is 5.56 Å². The Labute approximate surface area is 146 Å². The average Bonchev–Trinajstić information content (AvgIpc) is 2.62. The molecule has 0 unspecified atom stereocenters. The summed E-state index contributed by atoms with van der Waals surface area (Å²) in [5.74, 6) is -0.345. The molecule has 0 aliphatic carbocycles. The fourth-order valence-electron chi connectivity index (χ4n) is 2.33. The minimum atomic E-state index is -3.79. The summed E-state index contributed by atoms with van der Waals surface area (Å²) in [4.78, 5) is 16.8. The van der Waals surface area contributed by atoms with Crippen LogP contribution in [-0.4, -0.2) is 19.2 Å². The van der Waals surface area contributed by atoms with E-state index in [-0.39, 0.29) is 27.6 Å². The largest absolute Gasteiger partial charge is 0.287 e. The molecule has 25 heavy (non-hydrogen) atoms. The van der Waals surface area contributed by atoms with Gasteiger partial charge in [0.15, 0.2) is 0 Å². The Morgan fingerprint density at radius 2 is 1.60 bits per heavy atom. The average molecular weight is 352 g/mol. The maximum atomic E-state index is 12.6. The smallest absolute Gasteiger partial charge is 0.261 e. The maximum absolute atomic E-state index is 12.6. The predicted octanol–water partition coefficient (Wildman–Crippen LogP) is 3.42. The van der Waals surface area contributed by atoms with Gasteiger partial charge in [-0.3, -0.25) is 14.5 Å². The highest BCUT2D eigenvalue weighted by molar-refractivity contribution is 7.92. The Kier molecular flexibility index (Phi) is 4.63. The number of aryl methyl sites for hydroxylation is 1. The van der Waals surface area contributed by atoms with E-state index in [1.54, 1.807) is 54.6 Å². The number of nitrogens with one attached hydrogen (secondary N) is 1. The zero-order chi connectivity index (χ0) is 17.9. The van der Waals surface area contributed by atoms with Crippen molar-refractivity contribution < 1.29 is 13.2 Å². The lowest BCUT2D eigenvalue weighted by Gasteiger charge is -2.12. The second-order valence-electron chi connectivity index (χ2n) is 5.51. The van der Waals surface area contributed by atoms with E-state index in [1.807, 2.05) is 6.92 Å². The molecule has 0 bridgehead atoms. The molecular formula is C19H16N2O3S. The van der Waals surface area contributed by atoms with Crippen LogP contribution in [0.3, 0.4) is 0 Å². The van der Waals surface area contributed by atoms with Gasteiger partial charge in [-0.15, -0.1) is 0 Å². The van der Waals surface area contributed by atoms with Crippen molar-refractivity contribution in [3.63, 3.8) is 0 Å². The first-order valence-corrected chi connectivity index (χ1v) is 9.10. The molecule has 0 radical (unpaired) electrons. The van der Waals surface area contributed by atoms with Gasteiger partial charge in [-0.25, -0.2) is 8.42 Å². The van der Waals surface area contributed by atoms with Crippen molar-refractivity contribution in [3.8, 4) is 0 Å². The number of carbonyl (C=O) groups excluding carboxylic acids is 1. The van der Waals surface area contributed by atoms with Crippen molar-refractivity contribution in [2.75, 3.05) is 4.72 Å². The Bertz CT molecular complexity index is 998. The number of rotatable bonds is 5. The van der Waals surface area contributed by atoms with E-state index in [2.05, 4.69) is 9.71 Å². The topological polar surface area (TPSA) is 76.1 Å². The van der Waals surface area contributed by atoms with E-state index >= 15 is 0 Å². The first-order valence-electron chi connectivity index (χ1n) is 7.61. The lowest BCUT2D eigenvalue weighted by atomic mass is 10.1. The van der Waals surface area contributed by atoms with Crippen molar-refractivity contribution in [2.45, 2.75) is 11.8 Å². The summed E-state index contributed by atoms with van der Waals surface area (Å²) in [5.41, 5.74) is 1.68. The highest BCUT2D eigenvalue weighted by Crippen LogP contribution is 2.22. The predicted molar refractivity (Wildman–Crippen MR) is 96.1 cm³/mol.